The quantitative estimate of drug-likeness (QED) is 0.893. The second-order valence-electron chi connectivity index (χ2n) is 5.34. The van der Waals surface area contributed by atoms with Crippen LogP contribution in [0.1, 0.15) is 26.2 Å². The van der Waals surface area contributed by atoms with Gasteiger partial charge in [0.25, 0.3) is 0 Å². The van der Waals surface area contributed by atoms with E-state index in [0.717, 1.165) is 44.7 Å². The molecule has 20 heavy (non-hydrogen) atoms. The molecule has 5 nitrogen and oxygen atoms in total. The SMILES string of the molecule is CCCCC(=O)Nc1ccc(N2CCN(C)CC2)cn1. The van der Waals surface area contributed by atoms with Crippen molar-refractivity contribution in [1.29, 1.82) is 0 Å². The van der Waals surface area contributed by atoms with Crippen molar-refractivity contribution < 1.29 is 4.79 Å². The summed E-state index contributed by atoms with van der Waals surface area (Å²) < 4.78 is 0. The van der Waals surface area contributed by atoms with Crippen molar-refractivity contribution in [3.63, 3.8) is 0 Å². The summed E-state index contributed by atoms with van der Waals surface area (Å²) in [4.78, 5) is 20.6. The highest BCUT2D eigenvalue weighted by Crippen LogP contribution is 2.17. The summed E-state index contributed by atoms with van der Waals surface area (Å²) in [5, 5.41) is 2.84. The number of anilines is 2. The lowest BCUT2D eigenvalue weighted by Crippen LogP contribution is -2.44. The Hall–Kier alpha value is -1.62. The van der Waals surface area contributed by atoms with Gasteiger partial charge >= 0.3 is 0 Å². The van der Waals surface area contributed by atoms with E-state index in [4.69, 9.17) is 0 Å². The number of rotatable bonds is 5. The van der Waals surface area contributed by atoms with Crippen LogP contribution in [-0.2, 0) is 4.79 Å². The van der Waals surface area contributed by atoms with Crippen molar-refractivity contribution in [3.05, 3.63) is 18.3 Å². The molecule has 0 aromatic carbocycles. The molecule has 1 N–H and O–H groups in total. The lowest BCUT2D eigenvalue weighted by Gasteiger charge is -2.33. The molecule has 0 radical (unpaired) electrons. The topological polar surface area (TPSA) is 48.5 Å². The van der Waals surface area contributed by atoms with Gasteiger partial charge in [-0.2, -0.15) is 0 Å². The molecule has 0 saturated carbocycles. The number of hydrogen-bond acceptors (Lipinski definition) is 4. The van der Waals surface area contributed by atoms with Crippen LogP contribution in [0.4, 0.5) is 11.5 Å². The van der Waals surface area contributed by atoms with Crippen LogP contribution >= 0.6 is 0 Å². The first kappa shape index (κ1) is 14.8. The number of piperazine rings is 1. The molecular weight excluding hydrogens is 252 g/mol. The summed E-state index contributed by atoms with van der Waals surface area (Å²) in [6, 6.07) is 3.92. The Bertz CT molecular complexity index is 424. The summed E-state index contributed by atoms with van der Waals surface area (Å²) >= 11 is 0. The number of unbranched alkanes of at least 4 members (excludes halogenated alkanes) is 1. The van der Waals surface area contributed by atoms with Gasteiger partial charge in [0.2, 0.25) is 5.91 Å². The Balaban J connectivity index is 1.88. The minimum atomic E-state index is 0.0479. The number of carbonyl (C=O) groups is 1. The van der Waals surface area contributed by atoms with Gasteiger partial charge in [-0.15, -0.1) is 0 Å². The Morgan fingerprint density at radius 3 is 2.65 bits per heavy atom. The van der Waals surface area contributed by atoms with Crippen LogP contribution in [0.25, 0.3) is 0 Å². The molecule has 0 atom stereocenters. The monoisotopic (exact) mass is 276 g/mol. The number of amides is 1. The van der Waals surface area contributed by atoms with Gasteiger partial charge in [-0.3, -0.25) is 4.79 Å². The number of nitrogens with one attached hydrogen (secondary N) is 1. The Morgan fingerprint density at radius 1 is 1.30 bits per heavy atom. The second-order valence-corrected chi connectivity index (χ2v) is 5.34. The molecule has 2 rings (SSSR count). The lowest BCUT2D eigenvalue weighted by atomic mass is 10.2. The molecule has 1 amide bonds. The number of likely N-dealkylation sites (N-methyl/N-ethyl adjacent to an activating group) is 1. The van der Waals surface area contributed by atoms with Crippen molar-refractivity contribution in [1.82, 2.24) is 9.88 Å². The summed E-state index contributed by atoms with van der Waals surface area (Å²) in [5.41, 5.74) is 1.13. The first-order chi connectivity index (χ1) is 9.69. The van der Waals surface area contributed by atoms with Crippen molar-refractivity contribution in [2.75, 3.05) is 43.4 Å². The molecule has 110 valence electrons. The van der Waals surface area contributed by atoms with Gasteiger partial charge in [-0.05, 0) is 25.6 Å². The molecule has 5 heteroatoms. The number of pyridine rings is 1. The molecule has 1 aromatic heterocycles. The molecule has 0 spiro atoms. The fourth-order valence-corrected chi connectivity index (χ4v) is 2.25. The third-order valence-corrected chi connectivity index (χ3v) is 3.64. The van der Waals surface area contributed by atoms with Gasteiger partial charge in [-0.25, -0.2) is 4.98 Å². The molecule has 1 aromatic rings. The number of hydrogen-bond donors (Lipinski definition) is 1. The molecule has 1 aliphatic heterocycles. The van der Waals surface area contributed by atoms with Crippen LogP contribution < -0.4 is 10.2 Å². The van der Waals surface area contributed by atoms with Crippen LogP contribution in [0.15, 0.2) is 18.3 Å². The Morgan fingerprint density at radius 2 is 2.05 bits per heavy atom. The molecule has 0 unspecified atom stereocenters. The first-order valence-electron chi connectivity index (χ1n) is 7.38. The third-order valence-electron chi connectivity index (χ3n) is 3.64. The fraction of sp³-hybridized carbons (Fsp3) is 0.600. The van der Waals surface area contributed by atoms with Gasteiger partial charge in [0.05, 0.1) is 11.9 Å². The largest absolute Gasteiger partial charge is 0.368 e. The predicted molar refractivity (Wildman–Crippen MR) is 82.1 cm³/mol. The maximum absolute atomic E-state index is 11.6. The number of nitrogens with zero attached hydrogens (tertiary/aromatic N) is 3. The predicted octanol–water partition coefficient (Wildman–Crippen LogP) is 1.96. The van der Waals surface area contributed by atoms with Crippen molar-refractivity contribution in [2.24, 2.45) is 0 Å². The first-order valence-corrected chi connectivity index (χ1v) is 7.38. The van der Waals surface area contributed by atoms with E-state index < -0.39 is 0 Å². The van der Waals surface area contributed by atoms with E-state index in [1.165, 1.54) is 0 Å². The van der Waals surface area contributed by atoms with E-state index in [1.807, 2.05) is 18.3 Å². The van der Waals surface area contributed by atoms with Crippen LogP contribution in [0.5, 0.6) is 0 Å². The Kier molecular flexibility index (Phi) is 5.35. The van der Waals surface area contributed by atoms with E-state index in [2.05, 4.69) is 34.1 Å². The zero-order valence-corrected chi connectivity index (χ0v) is 12.4. The second kappa shape index (κ2) is 7.24. The zero-order chi connectivity index (χ0) is 14.4. The van der Waals surface area contributed by atoms with E-state index in [0.29, 0.717) is 12.2 Å². The van der Waals surface area contributed by atoms with Crippen LogP contribution in [0, 0.1) is 0 Å². The van der Waals surface area contributed by atoms with Crippen LogP contribution in [0.2, 0.25) is 0 Å². The van der Waals surface area contributed by atoms with Crippen molar-refractivity contribution in [3.8, 4) is 0 Å². The van der Waals surface area contributed by atoms with Gasteiger partial charge in [-0.1, -0.05) is 13.3 Å². The maximum Gasteiger partial charge on any atom is 0.225 e. The highest BCUT2D eigenvalue weighted by atomic mass is 16.1. The zero-order valence-electron chi connectivity index (χ0n) is 12.4. The van der Waals surface area contributed by atoms with Crippen LogP contribution in [0.3, 0.4) is 0 Å². The van der Waals surface area contributed by atoms with E-state index in [1.54, 1.807) is 0 Å². The minimum Gasteiger partial charge on any atom is -0.368 e. The van der Waals surface area contributed by atoms with Crippen molar-refractivity contribution in [2.45, 2.75) is 26.2 Å². The molecule has 1 fully saturated rings. The van der Waals surface area contributed by atoms with E-state index >= 15 is 0 Å². The summed E-state index contributed by atoms with van der Waals surface area (Å²) in [6.07, 6.45) is 4.37. The van der Waals surface area contributed by atoms with E-state index in [9.17, 15) is 4.79 Å². The highest BCUT2D eigenvalue weighted by molar-refractivity contribution is 5.89. The minimum absolute atomic E-state index is 0.0479. The third kappa shape index (κ3) is 4.20. The average molecular weight is 276 g/mol. The molecular formula is C15H24N4O. The van der Waals surface area contributed by atoms with Gasteiger partial charge in [0, 0.05) is 32.6 Å². The fourth-order valence-electron chi connectivity index (χ4n) is 2.25. The smallest absolute Gasteiger partial charge is 0.225 e. The normalized spacial score (nSPS) is 16.2. The molecule has 0 bridgehead atoms. The lowest BCUT2D eigenvalue weighted by molar-refractivity contribution is -0.116. The summed E-state index contributed by atoms with van der Waals surface area (Å²) in [7, 11) is 2.14. The van der Waals surface area contributed by atoms with Gasteiger partial charge < -0.3 is 15.1 Å². The van der Waals surface area contributed by atoms with Gasteiger partial charge in [0.1, 0.15) is 5.82 Å². The molecule has 1 saturated heterocycles. The molecule has 2 heterocycles. The Labute approximate surface area is 121 Å². The summed E-state index contributed by atoms with van der Waals surface area (Å²) in [5.74, 6) is 0.690. The highest BCUT2D eigenvalue weighted by Gasteiger charge is 2.14. The molecule has 0 aliphatic carbocycles. The van der Waals surface area contributed by atoms with E-state index in [-0.39, 0.29) is 5.91 Å². The van der Waals surface area contributed by atoms with Crippen LogP contribution in [-0.4, -0.2) is 49.0 Å². The summed E-state index contributed by atoms with van der Waals surface area (Å²) in [6.45, 7) is 6.29. The molecule has 1 aliphatic rings. The average Bonchev–Trinajstić information content (AvgIpc) is 2.47. The maximum atomic E-state index is 11.6. The number of carbonyl (C=O) groups excluding carboxylic acids is 1. The standard InChI is InChI=1S/C15H24N4O/c1-3-4-5-15(20)17-14-7-6-13(12-16-14)19-10-8-18(2)9-11-19/h6-7,12H,3-5,8-11H2,1-2H3,(H,16,17,20). The van der Waals surface area contributed by atoms with Crippen molar-refractivity contribution >= 4 is 17.4 Å². The van der Waals surface area contributed by atoms with Gasteiger partial charge in [0.15, 0.2) is 0 Å². The number of aromatic nitrogens is 1.